The van der Waals surface area contributed by atoms with E-state index >= 15 is 0 Å². The zero-order chi connectivity index (χ0) is 16.2. The first-order valence-electron chi connectivity index (χ1n) is 7.36. The summed E-state index contributed by atoms with van der Waals surface area (Å²) in [7, 11) is 3.80. The van der Waals surface area contributed by atoms with Crippen LogP contribution in [0.3, 0.4) is 0 Å². The fraction of sp³-hybridized carbons (Fsp3) is 0.400. The van der Waals surface area contributed by atoms with Crippen molar-refractivity contribution in [1.29, 1.82) is 0 Å². The summed E-state index contributed by atoms with van der Waals surface area (Å²) >= 11 is 0. The molecule has 0 saturated carbocycles. The summed E-state index contributed by atoms with van der Waals surface area (Å²) in [6.07, 6.45) is 5.20. The van der Waals surface area contributed by atoms with Gasteiger partial charge in [-0.15, -0.1) is 10.2 Å². The van der Waals surface area contributed by atoms with Crippen molar-refractivity contribution in [2.45, 2.75) is 12.5 Å². The number of rotatable bonds is 4. The molecule has 23 heavy (non-hydrogen) atoms. The Balaban J connectivity index is 1.58. The van der Waals surface area contributed by atoms with Crippen LogP contribution in [0.4, 0.5) is 5.82 Å². The molecule has 0 N–H and O–H groups in total. The van der Waals surface area contributed by atoms with Crippen LogP contribution >= 0.6 is 0 Å². The second kappa shape index (κ2) is 6.55. The second-order valence-corrected chi connectivity index (χ2v) is 5.49. The molecular formula is C15H18N6O2. The van der Waals surface area contributed by atoms with Crippen LogP contribution in [0.1, 0.15) is 16.9 Å². The highest BCUT2D eigenvalue weighted by molar-refractivity contribution is 5.92. The highest BCUT2D eigenvalue weighted by atomic mass is 16.5. The number of hydrogen-bond donors (Lipinski definition) is 0. The molecular weight excluding hydrogens is 296 g/mol. The lowest BCUT2D eigenvalue weighted by Gasteiger charge is -2.16. The average molecular weight is 314 g/mol. The number of aromatic nitrogens is 4. The smallest absolute Gasteiger partial charge is 0.274 e. The molecule has 2 aromatic heterocycles. The molecule has 1 saturated heterocycles. The van der Waals surface area contributed by atoms with E-state index in [1.807, 2.05) is 25.1 Å². The Labute approximate surface area is 134 Å². The van der Waals surface area contributed by atoms with Gasteiger partial charge < -0.3 is 14.5 Å². The quantitative estimate of drug-likeness (QED) is 0.818. The SMILES string of the molecule is CN(C)c1ccc(OC2CCN(C(=O)c3cnccn3)C2)nn1. The van der Waals surface area contributed by atoms with E-state index in [2.05, 4.69) is 20.2 Å². The molecule has 1 amide bonds. The fourth-order valence-corrected chi connectivity index (χ4v) is 2.37. The molecule has 0 aliphatic carbocycles. The number of nitrogens with zero attached hydrogens (tertiary/aromatic N) is 6. The number of hydrogen-bond acceptors (Lipinski definition) is 7. The molecule has 0 spiro atoms. The van der Waals surface area contributed by atoms with Gasteiger partial charge in [0.2, 0.25) is 5.88 Å². The van der Waals surface area contributed by atoms with Crippen molar-refractivity contribution in [3.8, 4) is 5.88 Å². The van der Waals surface area contributed by atoms with Gasteiger partial charge in [-0.05, 0) is 6.07 Å². The van der Waals surface area contributed by atoms with Gasteiger partial charge in [-0.2, -0.15) is 0 Å². The van der Waals surface area contributed by atoms with Crippen molar-refractivity contribution < 1.29 is 9.53 Å². The van der Waals surface area contributed by atoms with Gasteiger partial charge in [-0.25, -0.2) is 4.98 Å². The molecule has 3 heterocycles. The molecule has 8 nitrogen and oxygen atoms in total. The minimum absolute atomic E-state index is 0.0878. The molecule has 1 atom stereocenters. The van der Waals surface area contributed by atoms with Gasteiger partial charge in [0.25, 0.3) is 5.91 Å². The summed E-state index contributed by atoms with van der Waals surface area (Å²) in [5.41, 5.74) is 0.350. The summed E-state index contributed by atoms with van der Waals surface area (Å²) in [5.74, 6) is 1.11. The summed E-state index contributed by atoms with van der Waals surface area (Å²) < 4.78 is 5.80. The van der Waals surface area contributed by atoms with Crippen molar-refractivity contribution in [3.63, 3.8) is 0 Å². The van der Waals surface area contributed by atoms with Gasteiger partial charge in [-0.3, -0.25) is 9.78 Å². The first-order chi connectivity index (χ1) is 11.1. The summed E-state index contributed by atoms with van der Waals surface area (Å²) in [6, 6.07) is 3.63. The van der Waals surface area contributed by atoms with Crippen LogP contribution in [-0.4, -0.2) is 64.3 Å². The van der Waals surface area contributed by atoms with E-state index in [1.165, 1.54) is 12.4 Å². The lowest BCUT2D eigenvalue weighted by atomic mass is 10.3. The van der Waals surface area contributed by atoms with E-state index in [9.17, 15) is 4.79 Å². The predicted octanol–water partition coefficient (Wildman–Crippen LogP) is 0.626. The predicted molar refractivity (Wildman–Crippen MR) is 83.3 cm³/mol. The van der Waals surface area contributed by atoms with Gasteiger partial charge in [0.15, 0.2) is 5.82 Å². The molecule has 1 aliphatic heterocycles. The lowest BCUT2D eigenvalue weighted by molar-refractivity contribution is 0.0764. The van der Waals surface area contributed by atoms with E-state index in [0.29, 0.717) is 24.7 Å². The van der Waals surface area contributed by atoms with Crippen LogP contribution in [0.25, 0.3) is 0 Å². The van der Waals surface area contributed by atoms with Gasteiger partial charge >= 0.3 is 0 Å². The maximum absolute atomic E-state index is 12.3. The standard InChI is InChI=1S/C15H18N6O2/c1-20(2)13-3-4-14(19-18-13)23-11-5-8-21(10-11)15(22)12-9-16-6-7-17-12/h3-4,6-7,9,11H,5,8,10H2,1-2H3. The minimum atomic E-state index is -0.127. The first-order valence-corrected chi connectivity index (χ1v) is 7.36. The zero-order valence-electron chi connectivity index (χ0n) is 13.1. The second-order valence-electron chi connectivity index (χ2n) is 5.49. The highest BCUT2D eigenvalue weighted by Crippen LogP contribution is 2.18. The largest absolute Gasteiger partial charge is 0.471 e. The molecule has 1 unspecified atom stereocenters. The summed E-state index contributed by atoms with van der Waals surface area (Å²) in [5, 5.41) is 8.13. The Kier molecular flexibility index (Phi) is 4.31. The number of carbonyl (C=O) groups is 1. The number of likely N-dealkylation sites (tertiary alicyclic amines) is 1. The molecule has 1 aliphatic rings. The maximum atomic E-state index is 12.3. The Morgan fingerprint density at radius 2 is 2.17 bits per heavy atom. The monoisotopic (exact) mass is 314 g/mol. The van der Waals surface area contributed by atoms with Crippen LogP contribution < -0.4 is 9.64 Å². The van der Waals surface area contributed by atoms with Crippen LogP contribution in [0.5, 0.6) is 5.88 Å². The van der Waals surface area contributed by atoms with E-state index in [0.717, 1.165) is 12.2 Å². The van der Waals surface area contributed by atoms with E-state index in [1.54, 1.807) is 17.2 Å². The number of ether oxygens (including phenoxy) is 1. The average Bonchev–Trinajstić information content (AvgIpc) is 3.04. The molecule has 0 radical (unpaired) electrons. The maximum Gasteiger partial charge on any atom is 0.274 e. The topological polar surface area (TPSA) is 84.3 Å². The van der Waals surface area contributed by atoms with Crippen molar-refractivity contribution in [2.24, 2.45) is 0 Å². The summed E-state index contributed by atoms with van der Waals surface area (Å²) in [6.45, 7) is 1.13. The van der Waals surface area contributed by atoms with Crippen molar-refractivity contribution in [2.75, 3.05) is 32.1 Å². The van der Waals surface area contributed by atoms with Crippen LogP contribution in [0.15, 0.2) is 30.7 Å². The van der Waals surface area contributed by atoms with Crippen LogP contribution in [0, 0.1) is 0 Å². The van der Waals surface area contributed by atoms with Crippen molar-refractivity contribution >= 4 is 11.7 Å². The first kappa shape index (κ1) is 15.1. The van der Waals surface area contributed by atoms with E-state index < -0.39 is 0 Å². The normalized spacial score (nSPS) is 17.1. The van der Waals surface area contributed by atoms with Crippen LogP contribution in [-0.2, 0) is 0 Å². The summed E-state index contributed by atoms with van der Waals surface area (Å²) in [4.78, 5) is 23.8. The van der Waals surface area contributed by atoms with Crippen LogP contribution in [0.2, 0.25) is 0 Å². The van der Waals surface area contributed by atoms with E-state index in [4.69, 9.17) is 4.74 Å². The zero-order valence-corrected chi connectivity index (χ0v) is 13.1. The number of anilines is 1. The fourth-order valence-electron chi connectivity index (χ4n) is 2.37. The number of carbonyl (C=O) groups excluding carboxylic acids is 1. The Bertz CT molecular complexity index is 661. The third-order valence-corrected chi connectivity index (χ3v) is 3.59. The third-order valence-electron chi connectivity index (χ3n) is 3.59. The van der Waals surface area contributed by atoms with E-state index in [-0.39, 0.29) is 12.0 Å². The number of amides is 1. The highest BCUT2D eigenvalue weighted by Gasteiger charge is 2.29. The van der Waals surface area contributed by atoms with Gasteiger partial charge in [0.1, 0.15) is 11.8 Å². The lowest BCUT2D eigenvalue weighted by Crippen LogP contribution is -2.31. The van der Waals surface area contributed by atoms with Gasteiger partial charge in [0.05, 0.1) is 12.7 Å². The van der Waals surface area contributed by atoms with Crippen molar-refractivity contribution in [3.05, 3.63) is 36.4 Å². The molecule has 2 aromatic rings. The Morgan fingerprint density at radius 1 is 1.30 bits per heavy atom. The van der Waals surface area contributed by atoms with Crippen molar-refractivity contribution in [1.82, 2.24) is 25.1 Å². The Hall–Kier alpha value is -2.77. The third kappa shape index (κ3) is 3.53. The molecule has 120 valence electrons. The molecule has 3 rings (SSSR count). The Morgan fingerprint density at radius 3 is 2.83 bits per heavy atom. The molecule has 1 fully saturated rings. The molecule has 0 bridgehead atoms. The molecule has 8 heteroatoms. The van der Waals surface area contributed by atoms with Gasteiger partial charge in [0, 0.05) is 45.5 Å². The van der Waals surface area contributed by atoms with Gasteiger partial charge in [-0.1, -0.05) is 0 Å². The molecule has 0 aromatic carbocycles. The minimum Gasteiger partial charge on any atom is -0.471 e.